The maximum Gasteiger partial charge on any atom is 0.337 e. The Morgan fingerprint density at radius 2 is 1.91 bits per heavy atom. The molecular formula is C25H23ClN4O4. The number of esters is 1. The molecule has 1 saturated heterocycles. The molecule has 5 rings (SSSR count). The molecule has 0 unspecified atom stereocenters. The Hall–Kier alpha value is -3.62. The van der Waals surface area contributed by atoms with Gasteiger partial charge in [-0.1, -0.05) is 23.7 Å². The first kappa shape index (κ1) is 22.2. The van der Waals surface area contributed by atoms with Gasteiger partial charge in [0.25, 0.3) is 0 Å². The van der Waals surface area contributed by atoms with Gasteiger partial charge in [-0.3, -0.25) is 9.13 Å². The molecule has 9 heteroatoms. The van der Waals surface area contributed by atoms with Gasteiger partial charge in [-0.25, -0.2) is 14.6 Å². The molecule has 2 aromatic carbocycles. The quantitative estimate of drug-likeness (QED) is 0.408. The highest BCUT2D eigenvalue weighted by atomic mass is 35.5. The highest BCUT2D eigenvalue weighted by Gasteiger charge is 2.18. The highest BCUT2D eigenvalue weighted by Crippen LogP contribution is 2.23. The summed E-state index contributed by atoms with van der Waals surface area (Å²) in [5.74, 6) is 0.427. The zero-order chi connectivity index (χ0) is 23.7. The normalized spacial score (nSPS) is 13.9. The Balaban J connectivity index is 1.56. The van der Waals surface area contributed by atoms with Gasteiger partial charge in [0.15, 0.2) is 0 Å². The molecule has 34 heavy (non-hydrogen) atoms. The van der Waals surface area contributed by atoms with E-state index in [1.807, 2.05) is 24.3 Å². The molecule has 0 spiro atoms. The Bertz CT molecular complexity index is 1400. The second-order valence-corrected chi connectivity index (χ2v) is 8.44. The van der Waals surface area contributed by atoms with Gasteiger partial charge < -0.3 is 14.4 Å². The van der Waals surface area contributed by atoms with E-state index in [9.17, 15) is 9.59 Å². The van der Waals surface area contributed by atoms with Crippen LogP contribution in [0.3, 0.4) is 0 Å². The second-order valence-electron chi connectivity index (χ2n) is 8.00. The van der Waals surface area contributed by atoms with Crippen LogP contribution in [-0.4, -0.2) is 53.5 Å². The average Bonchev–Trinajstić information content (AvgIpc) is 3.14. The van der Waals surface area contributed by atoms with Crippen LogP contribution >= 0.6 is 11.6 Å². The number of fused-ring (bicyclic) bond motifs is 1. The van der Waals surface area contributed by atoms with Crippen LogP contribution < -0.4 is 10.6 Å². The summed E-state index contributed by atoms with van der Waals surface area (Å²) in [6.45, 7) is 3.20. The SMILES string of the molecule is COC(=O)c1cccc(Cn2c(=O)n(-c3ccc(N4CCOCC4)nc3)c3cc(Cl)ccc32)c1. The van der Waals surface area contributed by atoms with Gasteiger partial charge in [0, 0.05) is 18.1 Å². The number of anilines is 1. The summed E-state index contributed by atoms with van der Waals surface area (Å²) in [4.78, 5) is 32.3. The fourth-order valence-electron chi connectivity index (χ4n) is 4.22. The topological polar surface area (TPSA) is 78.6 Å². The van der Waals surface area contributed by atoms with E-state index in [0.717, 1.165) is 30.0 Å². The lowest BCUT2D eigenvalue weighted by Gasteiger charge is -2.27. The predicted molar refractivity (Wildman–Crippen MR) is 130 cm³/mol. The number of ether oxygens (including phenoxy) is 2. The van der Waals surface area contributed by atoms with Gasteiger partial charge in [0.05, 0.1) is 55.3 Å². The van der Waals surface area contributed by atoms with Gasteiger partial charge in [0.2, 0.25) is 0 Å². The second kappa shape index (κ2) is 9.32. The van der Waals surface area contributed by atoms with Crippen molar-refractivity contribution in [2.45, 2.75) is 6.54 Å². The van der Waals surface area contributed by atoms with E-state index < -0.39 is 5.97 Å². The summed E-state index contributed by atoms with van der Waals surface area (Å²) in [5.41, 5.74) is 3.08. The Morgan fingerprint density at radius 1 is 1.09 bits per heavy atom. The maximum atomic E-state index is 13.6. The number of nitrogens with zero attached hydrogens (tertiary/aromatic N) is 4. The van der Waals surface area contributed by atoms with Crippen molar-refractivity contribution in [2.24, 2.45) is 0 Å². The van der Waals surface area contributed by atoms with E-state index in [2.05, 4.69) is 9.88 Å². The molecule has 174 valence electrons. The molecule has 0 amide bonds. The number of carbonyl (C=O) groups is 1. The number of rotatable bonds is 5. The first-order valence-corrected chi connectivity index (χ1v) is 11.3. The summed E-state index contributed by atoms with van der Waals surface area (Å²) < 4.78 is 13.5. The molecule has 3 heterocycles. The van der Waals surface area contributed by atoms with E-state index in [4.69, 9.17) is 21.1 Å². The Labute approximate surface area is 200 Å². The van der Waals surface area contributed by atoms with E-state index in [-0.39, 0.29) is 12.2 Å². The predicted octanol–water partition coefficient (Wildman–Crippen LogP) is 3.51. The zero-order valence-corrected chi connectivity index (χ0v) is 19.4. The van der Waals surface area contributed by atoms with Crippen molar-refractivity contribution in [1.29, 1.82) is 0 Å². The molecule has 0 atom stereocenters. The summed E-state index contributed by atoms with van der Waals surface area (Å²) >= 11 is 6.29. The van der Waals surface area contributed by atoms with Crippen LogP contribution in [0.25, 0.3) is 16.7 Å². The molecule has 4 aromatic rings. The van der Waals surface area contributed by atoms with Crippen molar-refractivity contribution in [1.82, 2.24) is 14.1 Å². The van der Waals surface area contributed by atoms with Gasteiger partial charge in [-0.05, 0) is 48.0 Å². The molecule has 0 N–H and O–H groups in total. The molecule has 1 aliphatic rings. The van der Waals surface area contributed by atoms with Crippen LogP contribution in [0.1, 0.15) is 15.9 Å². The number of aromatic nitrogens is 3. The molecule has 0 radical (unpaired) electrons. The van der Waals surface area contributed by atoms with Crippen molar-refractivity contribution >= 4 is 34.4 Å². The van der Waals surface area contributed by atoms with Crippen molar-refractivity contribution < 1.29 is 14.3 Å². The van der Waals surface area contributed by atoms with Crippen LogP contribution in [0.15, 0.2) is 65.6 Å². The number of methoxy groups -OCH3 is 1. The largest absolute Gasteiger partial charge is 0.465 e. The van der Waals surface area contributed by atoms with Crippen molar-refractivity contribution in [3.8, 4) is 5.69 Å². The minimum Gasteiger partial charge on any atom is -0.465 e. The third-order valence-corrected chi connectivity index (χ3v) is 6.14. The van der Waals surface area contributed by atoms with E-state index in [0.29, 0.717) is 35.0 Å². The van der Waals surface area contributed by atoms with Gasteiger partial charge in [-0.2, -0.15) is 0 Å². The Morgan fingerprint density at radius 3 is 2.65 bits per heavy atom. The molecule has 8 nitrogen and oxygen atoms in total. The number of morpholine rings is 1. The number of imidazole rings is 1. The number of halogens is 1. The Kier molecular flexibility index (Phi) is 6.08. The molecule has 0 bridgehead atoms. The minimum atomic E-state index is -0.421. The zero-order valence-electron chi connectivity index (χ0n) is 18.6. The molecule has 1 aliphatic heterocycles. The fraction of sp³-hybridized carbons (Fsp3) is 0.240. The fourth-order valence-corrected chi connectivity index (χ4v) is 4.39. The van der Waals surface area contributed by atoms with Gasteiger partial charge >= 0.3 is 11.7 Å². The third-order valence-electron chi connectivity index (χ3n) is 5.91. The van der Waals surface area contributed by atoms with Gasteiger partial charge in [-0.15, -0.1) is 0 Å². The standard InChI is InChI=1S/C25H23ClN4O4/c1-33-24(31)18-4-2-3-17(13-18)16-29-21-7-5-19(26)14-22(21)30(25(29)32)20-6-8-23(27-15-20)28-9-11-34-12-10-28/h2-8,13-15H,9-12,16H2,1H3. The summed E-state index contributed by atoms with van der Waals surface area (Å²) in [7, 11) is 1.34. The van der Waals surface area contributed by atoms with E-state index in [1.54, 1.807) is 45.7 Å². The molecule has 0 saturated carbocycles. The summed E-state index contributed by atoms with van der Waals surface area (Å²) in [5, 5.41) is 0.531. The van der Waals surface area contributed by atoms with Crippen molar-refractivity contribution in [3.63, 3.8) is 0 Å². The molecule has 1 fully saturated rings. The van der Waals surface area contributed by atoms with Crippen LogP contribution in [0.4, 0.5) is 5.82 Å². The first-order chi connectivity index (χ1) is 16.5. The lowest BCUT2D eigenvalue weighted by atomic mass is 10.1. The number of hydrogen-bond acceptors (Lipinski definition) is 6. The van der Waals surface area contributed by atoms with Crippen LogP contribution in [-0.2, 0) is 16.0 Å². The number of carbonyl (C=O) groups excluding carboxylic acids is 1. The number of pyridine rings is 1. The molecule has 0 aliphatic carbocycles. The van der Waals surface area contributed by atoms with E-state index in [1.165, 1.54) is 7.11 Å². The maximum absolute atomic E-state index is 13.6. The average molecular weight is 479 g/mol. The highest BCUT2D eigenvalue weighted by molar-refractivity contribution is 6.31. The van der Waals surface area contributed by atoms with E-state index >= 15 is 0 Å². The summed E-state index contributed by atoms with van der Waals surface area (Å²) in [6.07, 6.45) is 1.70. The number of benzene rings is 2. The lowest BCUT2D eigenvalue weighted by molar-refractivity contribution is 0.0600. The van der Waals surface area contributed by atoms with Crippen LogP contribution in [0.2, 0.25) is 5.02 Å². The van der Waals surface area contributed by atoms with Gasteiger partial charge in [0.1, 0.15) is 5.82 Å². The van der Waals surface area contributed by atoms with Crippen LogP contribution in [0.5, 0.6) is 0 Å². The molecule has 2 aromatic heterocycles. The third kappa shape index (κ3) is 4.18. The summed E-state index contributed by atoms with van der Waals surface area (Å²) in [6, 6.07) is 16.2. The lowest BCUT2D eigenvalue weighted by Crippen LogP contribution is -2.36. The molecular weight excluding hydrogens is 456 g/mol. The van der Waals surface area contributed by atoms with Crippen LogP contribution in [0, 0.1) is 0 Å². The smallest absolute Gasteiger partial charge is 0.337 e. The van der Waals surface area contributed by atoms with Crippen molar-refractivity contribution in [3.05, 3.63) is 87.4 Å². The number of hydrogen-bond donors (Lipinski definition) is 0. The monoisotopic (exact) mass is 478 g/mol. The first-order valence-electron chi connectivity index (χ1n) is 10.9. The van der Waals surface area contributed by atoms with Crippen molar-refractivity contribution in [2.75, 3.05) is 38.3 Å². The minimum absolute atomic E-state index is 0.221.